The minimum absolute atomic E-state index is 0.0909. The van der Waals surface area contributed by atoms with E-state index >= 15 is 0 Å². The fourth-order valence-electron chi connectivity index (χ4n) is 12.1. The summed E-state index contributed by atoms with van der Waals surface area (Å²) in [5, 5.41) is 16.2. The van der Waals surface area contributed by atoms with Crippen molar-refractivity contribution in [3.05, 3.63) is 173 Å². The van der Waals surface area contributed by atoms with E-state index in [9.17, 15) is 0 Å². The SMILES string of the molecule is CC(C)(C)c1cc2ccc3cc4c(c5ccc(c1)c2c35)-c1ccc(-c2cccc(-c3ccc5c(c3)C(C)(C)c3cc6ccc7cc(C(C)(C)C)cc8ccc(c3-5)c6c78)n2)cc1C4(C)C. The summed E-state index contributed by atoms with van der Waals surface area (Å²) in [6.07, 6.45) is 0. The van der Waals surface area contributed by atoms with Crippen LogP contribution in [0.15, 0.2) is 140 Å². The molecule has 10 aromatic carbocycles. The van der Waals surface area contributed by atoms with Gasteiger partial charge in [-0.3, -0.25) is 0 Å². The summed E-state index contributed by atoms with van der Waals surface area (Å²) < 4.78 is 0. The lowest BCUT2D eigenvalue weighted by molar-refractivity contribution is 0.591. The molecule has 1 aromatic heterocycles. The van der Waals surface area contributed by atoms with Gasteiger partial charge < -0.3 is 0 Å². The van der Waals surface area contributed by atoms with Crippen LogP contribution in [0.25, 0.3) is 109 Å². The molecule has 0 amide bonds. The van der Waals surface area contributed by atoms with Crippen molar-refractivity contribution in [2.75, 3.05) is 0 Å². The summed E-state index contributed by atoms with van der Waals surface area (Å²) in [5.41, 5.74) is 18.0. The molecule has 0 saturated carbocycles. The fraction of sp³-hybridized carbons (Fsp3) is 0.222. The van der Waals surface area contributed by atoms with Crippen molar-refractivity contribution in [2.45, 2.75) is 90.9 Å². The fourth-order valence-corrected chi connectivity index (χ4v) is 12.1. The zero-order valence-electron chi connectivity index (χ0n) is 38.7. The highest BCUT2D eigenvalue weighted by molar-refractivity contribution is 6.28. The second-order valence-electron chi connectivity index (χ2n) is 22.4. The molecule has 0 atom stereocenters. The molecule has 310 valence electrons. The largest absolute Gasteiger partial charge is 0.248 e. The Hall–Kier alpha value is -6.57. The number of pyridine rings is 1. The third-order valence-corrected chi connectivity index (χ3v) is 15.8. The quantitative estimate of drug-likeness (QED) is 0.158. The van der Waals surface area contributed by atoms with Crippen LogP contribution in [-0.4, -0.2) is 4.98 Å². The molecule has 0 aliphatic heterocycles. The number of fused-ring (bicyclic) bond motifs is 8. The average Bonchev–Trinajstić information content (AvgIpc) is 3.64. The second kappa shape index (κ2) is 12.2. The molecular formula is C63H53N. The first-order valence-corrected chi connectivity index (χ1v) is 23.3. The first-order chi connectivity index (χ1) is 30.5. The van der Waals surface area contributed by atoms with E-state index in [1.807, 2.05) is 0 Å². The minimum atomic E-state index is -0.161. The van der Waals surface area contributed by atoms with Crippen LogP contribution in [-0.2, 0) is 21.7 Å². The summed E-state index contributed by atoms with van der Waals surface area (Å²) in [4.78, 5) is 5.42. The molecule has 11 aromatic rings. The molecule has 0 N–H and O–H groups in total. The molecular weight excluding hydrogens is 771 g/mol. The molecule has 0 unspecified atom stereocenters. The maximum atomic E-state index is 5.42. The van der Waals surface area contributed by atoms with Crippen molar-refractivity contribution in [1.29, 1.82) is 0 Å². The number of hydrogen-bond donors (Lipinski definition) is 0. The van der Waals surface area contributed by atoms with Gasteiger partial charge in [0.2, 0.25) is 0 Å². The maximum Gasteiger partial charge on any atom is 0.0709 e. The van der Waals surface area contributed by atoms with Gasteiger partial charge in [-0.2, -0.15) is 0 Å². The van der Waals surface area contributed by atoms with E-state index in [0.717, 1.165) is 22.5 Å². The van der Waals surface area contributed by atoms with Crippen LogP contribution in [0.4, 0.5) is 0 Å². The van der Waals surface area contributed by atoms with Crippen molar-refractivity contribution >= 4 is 64.6 Å². The smallest absolute Gasteiger partial charge is 0.0709 e. The molecule has 13 rings (SSSR count). The van der Waals surface area contributed by atoms with E-state index in [1.54, 1.807) is 0 Å². The number of aromatic nitrogens is 1. The Kier molecular flexibility index (Phi) is 7.21. The highest BCUT2D eigenvalue weighted by Gasteiger charge is 2.39. The zero-order chi connectivity index (χ0) is 44.0. The Morgan fingerprint density at radius 3 is 1.09 bits per heavy atom. The molecule has 0 bridgehead atoms. The van der Waals surface area contributed by atoms with E-state index in [1.165, 1.54) is 120 Å². The minimum Gasteiger partial charge on any atom is -0.248 e. The molecule has 0 radical (unpaired) electrons. The van der Waals surface area contributed by atoms with Crippen LogP contribution in [0.3, 0.4) is 0 Å². The van der Waals surface area contributed by atoms with Crippen molar-refractivity contribution in [3.63, 3.8) is 0 Å². The summed E-state index contributed by atoms with van der Waals surface area (Å²) in [7, 11) is 0. The van der Waals surface area contributed by atoms with Crippen LogP contribution in [0.5, 0.6) is 0 Å². The monoisotopic (exact) mass is 823 g/mol. The standard InChI is InChI=1S/C63H53N/c1-60(2,3)42-26-36-14-16-40-32-50-58(46-24-20-38(28-42)54(36)56(40)46)44-22-18-34(30-48(44)62(50,7)8)52-12-11-13-53(64-52)35-19-23-45-49(31-35)63(9,10)51-33-41-17-15-37-27-43(61(4,5)6)29-39-21-25-47(59(45)51)57(41)55(37)39/h11-33H,1-10H3. The Labute approximate surface area is 376 Å². The van der Waals surface area contributed by atoms with Gasteiger partial charge in [0.15, 0.2) is 0 Å². The number of rotatable bonds is 2. The van der Waals surface area contributed by atoms with Crippen LogP contribution in [0.1, 0.15) is 103 Å². The molecule has 1 heterocycles. The molecule has 0 spiro atoms. The molecule has 64 heavy (non-hydrogen) atoms. The maximum absolute atomic E-state index is 5.42. The molecule has 2 aliphatic rings. The summed E-state index contributed by atoms with van der Waals surface area (Å²) in [6, 6.07) is 54.2. The predicted molar refractivity (Wildman–Crippen MR) is 275 cm³/mol. The third-order valence-electron chi connectivity index (χ3n) is 15.8. The van der Waals surface area contributed by atoms with Gasteiger partial charge in [0, 0.05) is 22.0 Å². The third kappa shape index (κ3) is 4.99. The molecule has 1 nitrogen and oxygen atoms in total. The van der Waals surface area contributed by atoms with Gasteiger partial charge in [-0.1, -0.05) is 172 Å². The first kappa shape index (κ1) is 37.9. The van der Waals surface area contributed by atoms with Crippen molar-refractivity contribution in [1.82, 2.24) is 4.98 Å². The summed E-state index contributed by atoms with van der Waals surface area (Å²) in [6.45, 7) is 23.5. The van der Waals surface area contributed by atoms with Crippen LogP contribution in [0, 0.1) is 0 Å². The van der Waals surface area contributed by atoms with Crippen molar-refractivity contribution in [2.24, 2.45) is 0 Å². The lowest BCUT2D eigenvalue weighted by atomic mass is 9.79. The lowest BCUT2D eigenvalue weighted by Crippen LogP contribution is -2.15. The van der Waals surface area contributed by atoms with Gasteiger partial charge in [-0.15, -0.1) is 0 Å². The van der Waals surface area contributed by atoms with E-state index < -0.39 is 0 Å². The Morgan fingerprint density at radius 2 is 0.719 bits per heavy atom. The Balaban J connectivity index is 0.901. The number of nitrogens with zero attached hydrogens (tertiary/aromatic N) is 1. The van der Waals surface area contributed by atoms with Crippen LogP contribution < -0.4 is 0 Å². The Bertz CT molecular complexity index is 3550. The van der Waals surface area contributed by atoms with Crippen molar-refractivity contribution in [3.8, 4) is 44.8 Å². The highest BCUT2D eigenvalue weighted by Crippen LogP contribution is 2.56. The van der Waals surface area contributed by atoms with Gasteiger partial charge in [-0.05, 0) is 167 Å². The normalized spacial score (nSPS) is 15.3. The van der Waals surface area contributed by atoms with E-state index in [2.05, 4.69) is 209 Å². The second-order valence-corrected chi connectivity index (χ2v) is 22.4. The zero-order valence-corrected chi connectivity index (χ0v) is 38.7. The summed E-state index contributed by atoms with van der Waals surface area (Å²) >= 11 is 0. The molecule has 0 saturated heterocycles. The summed E-state index contributed by atoms with van der Waals surface area (Å²) in [5.74, 6) is 0. The van der Waals surface area contributed by atoms with E-state index in [4.69, 9.17) is 4.98 Å². The van der Waals surface area contributed by atoms with Gasteiger partial charge >= 0.3 is 0 Å². The van der Waals surface area contributed by atoms with E-state index in [0.29, 0.717) is 0 Å². The predicted octanol–water partition coefficient (Wildman–Crippen LogP) is 17.4. The first-order valence-electron chi connectivity index (χ1n) is 23.3. The van der Waals surface area contributed by atoms with Gasteiger partial charge in [-0.25, -0.2) is 4.98 Å². The lowest BCUT2D eigenvalue weighted by Gasteiger charge is -2.24. The van der Waals surface area contributed by atoms with Crippen LogP contribution >= 0.6 is 0 Å². The van der Waals surface area contributed by atoms with Gasteiger partial charge in [0.1, 0.15) is 0 Å². The van der Waals surface area contributed by atoms with E-state index in [-0.39, 0.29) is 21.7 Å². The van der Waals surface area contributed by atoms with Gasteiger partial charge in [0.05, 0.1) is 11.4 Å². The highest BCUT2D eigenvalue weighted by atomic mass is 14.7. The Morgan fingerprint density at radius 1 is 0.359 bits per heavy atom. The number of benzene rings is 10. The van der Waals surface area contributed by atoms with Gasteiger partial charge in [0.25, 0.3) is 0 Å². The molecule has 1 heteroatoms. The molecule has 2 aliphatic carbocycles. The van der Waals surface area contributed by atoms with Crippen LogP contribution in [0.2, 0.25) is 0 Å². The number of hydrogen-bond acceptors (Lipinski definition) is 1. The average molecular weight is 824 g/mol. The molecule has 0 fully saturated rings. The van der Waals surface area contributed by atoms with Crippen molar-refractivity contribution < 1.29 is 0 Å². The topological polar surface area (TPSA) is 12.9 Å².